The molecular formula is C25H23ClN4O2. The van der Waals surface area contributed by atoms with Crippen molar-refractivity contribution in [2.75, 3.05) is 13.1 Å². The van der Waals surface area contributed by atoms with E-state index in [0.717, 1.165) is 53.4 Å². The number of hydrogen-bond donors (Lipinski definition) is 3. The summed E-state index contributed by atoms with van der Waals surface area (Å²) in [5, 5.41) is 8.21. The van der Waals surface area contributed by atoms with Gasteiger partial charge >= 0.3 is 0 Å². The number of nitrogens with zero attached hydrogens (tertiary/aromatic N) is 1. The number of rotatable bonds is 7. The fraction of sp³-hybridized carbons (Fsp3) is 0.200. The van der Waals surface area contributed by atoms with Gasteiger partial charge in [-0.2, -0.15) is 0 Å². The van der Waals surface area contributed by atoms with Crippen LogP contribution in [0.5, 0.6) is 0 Å². The highest BCUT2D eigenvalue weighted by Crippen LogP contribution is 2.39. The van der Waals surface area contributed by atoms with Crippen molar-refractivity contribution in [2.24, 2.45) is 0 Å². The van der Waals surface area contributed by atoms with Crippen molar-refractivity contribution in [1.82, 2.24) is 20.2 Å². The fourth-order valence-electron chi connectivity index (χ4n) is 4.49. The minimum Gasteiger partial charge on any atom is -0.361 e. The minimum atomic E-state index is -0.387. The zero-order valence-electron chi connectivity index (χ0n) is 17.7. The summed E-state index contributed by atoms with van der Waals surface area (Å²) in [5.41, 5.74) is 3.99. The molecule has 0 radical (unpaired) electrons. The predicted octanol–water partition coefficient (Wildman–Crippen LogP) is 4.34. The summed E-state index contributed by atoms with van der Waals surface area (Å²) in [7, 11) is 0. The molecule has 0 atom stereocenters. The van der Waals surface area contributed by atoms with Crippen molar-refractivity contribution in [3.8, 4) is 0 Å². The number of aromatic nitrogens is 2. The normalized spacial score (nSPS) is 14.2. The average molecular weight is 447 g/mol. The van der Waals surface area contributed by atoms with Gasteiger partial charge in [-0.3, -0.25) is 14.9 Å². The van der Waals surface area contributed by atoms with Crippen LogP contribution in [-0.2, 0) is 16.1 Å². The molecule has 4 aromatic rings. The van der Waals surface area contributed by atoms with E-state index in [1.807, 2.05) is 48.7 Å². The number of para-hydroxylation sites is 2. The van der Waals surface area contributed by atoms with E-state index in [9.17, 15) is 9.59 Å². The number of carbonyl (C=O) groups excluding carboxylic acids is 2. The number of H-pyrrole nitrogens is 1. The Bertz CT molecular complexity index is 1400. The van der Waals surface area contributed by atoms with Crippen LogP contribution in [0.15, 0.2) is 54.9 Å². The highest BCUT2D eigenvalue weighted by Gasteiger charge is 2.35. The molecule has 1 aliphatic heterocycles. The van der Waals surface area contributed by atoms with Gasteiger partial charge in [0, 0.05) is 46.4 Å². The Morgan fingerprint density at radius 1 is 0.969 bits per heavy atom. The summed E-state index contributed by atoms with van der Waals surface area (Å²) < 4.78 is 2.08. The first kappa shape index (κ1) is 20.5. The number of nitrogens with one attached hydrogen (secondary N) is 3. The zero-order valence-corrected chi connectivity index (χ0v) is 18.4. The van der Waals surface area contributed by atoms with Crippen LogP contribution in [0.1, 0.15) is 24.5 Å². The fourth-order valence-corrected chi connectivity index (χ4v) is 4.77. The van der Waals surface area contributed by atoms with E-state index in [2.05, 4.69) is 27.1 Å². The van der Waals surface area contributed by atoms with Gasteiger partial charge in [-0.05, 0) is 31.6 Å². The lowest BCUT2D eigenvalue weighted by molar-refractivity contribution is -0.122. The second kappa shape index (κ2) is 8.30. The number of imide groups is 1. The number of hydrogen-bond acceptors (Lipinski definition) is 3. The van der Waals surface area contributed by atoms with E-state index >= 15 is 0 Å². The molecule has 0 saturated heterocycles. The monoisotopic (exact) mass is 446 g/mol. The SMILES string of the molecule is CCNCCCn1cc(C2=C(c3c[nH]c4ccccc34)C(=O)NC2=O)c2cccc(Cl)c21. The smallest absolute Gasteiger partial charge is 0.259 e. The summed E-state index contributed by atoms with van der Waals surface area (Å²) in [5.74, 6) is -0.771. The maximum absolute atomic E-state index is 13.0. The van der Waals surface area contributed by atoms with Crippen LogP contribution in [0.2, 0.25) is 5.02 Å². The van der Waals surface area contributed by atoms with Crippen molar-refractivity contribution < 1.29 is 9.59 Å². The van der Waals surface area contributed by atoms with E-state index in [1.54, 1.807) is 6.20 Å². The summed E-state index contributed by atoms with van der Waals surface area (Å²) in [4.78, 5) is 29.1. The van der Waals surface area contributed by atoms with Gasteiger partial charge in [-0.1, -0.05) is 48.9 Å². The molecule has 3 heterocycles. The molecule has 0 fully saturated rings. The van der Waals surface area contributed by atoms with Gasteiger partial charge in [0.05, 0.1) is 21.7 Å². The molecule has 2 aromatic carbocycles. The van der Waals surface area contributed by atoms with Gasteiger partial charge in [0.1, 0.15) is 0 Å². The number of halogens is 1. The van der Waals surface area contributed by atoms with Gasteiger partial charge in [0.25, 0.3) is 11.8 Å². The zero-order chi connectivity index (χ0) is 22.2. The Balaban J connectivity index is 1.71. The number of fused-ring (bicyclic) bond motifs is 2. The first-order valence-electron chi connectivity index (χ1n) is 10.7. The van der Waals surface area contributed by atoms with Gasteiger partial charge in [-0.25, -0.2) is 0 Å². The molecule has 2 aromatic heterocycles. The molecule has 0 spiro atoms. The average Bonchev–Trinajstić information content (AvgIpc) is 3.45. The van der Waals surface area contributed by atoms with Crippen LogP contribution in [0.3, 0.4) is 0 Å². The number of benzene rings is 2. The van der Waals surface area contributed by atoms with Crippen LogP contribution in [-0.4, -0.2) is 34.5 Å². The molecule has 1 aliphatic rings. The number of aromatic amines is 1. The standard InChI is InChI=1S/C25H23ClN4O2/c1-2-27-11-6-12-30-14-18(16-8-5-9-19(26)23(16)30)22-21(24(31)29-25(22)32)17-13-28-20-10-4-3-7-15(17)20/h3-5,7-10,13-14,27-28H,2,6,11-12H2,1H3,(H,29,31,32). The van der Waals surface area contributed by atoms with Crippen LogP contribution in [0, 0.1) is 0 Å². The number of aryl methyl sites for hydroxylation is 1. The molecule has 2 amide bonds. The quantitative estimate of drug-likeness (QED) is 0.292. The van der Waals surface area contributed by atoms with E-state index in [0.29, 0.717) is 21.7 Å². The van der Waals surface area contributed by atoms with Crippen LogP contribution in [0.4, 0.5) is 0 Å². The number of amides is 2. The lowest BCUT2D eigenvalue weighted by atomic mass is 9.95. The molecule has 6 nitrogen and oxygen atoms in total. The summed E-state index contributed by atoms with van der Waals surface area (Å²) in [6.45, 7) is 4.63. The highest BCUT2D eigenvalue weighted by molar-refractivity contribution is 6.51. The minimum absolute atomic E-state index is 0.384. The Kier molecular flexibility index (Phi) is 5.33. The van der Waals surface area contributed by atoms with Crippen molar-refractivity contribution in [3.05, 3.63) is 71.0 Å². The van der Waals surface area contributed by atoms with Crippen LogP contribution >= 0.6 is 11.6 Å². The third-order valence-corrected chi connectivity index (χ3v) is 6.22. The van der Waals surface area contributed by atoms with E-state index < -0.39 is 0 Å². The van der Waals surface area contributed by atoms with Crippen LogP contribution in [0.25, 0.3) is 33.0 Å². The molecule has 0 bridgehead atoms. The van der Waals surface area contributed by atoms with E-state index in [-0.39, 0.29) is 11.8 Å². The molecular weight excluding hydrogens is 424 g/mol. The van der Waals surface area contributed by atoms with Crippen LogP contribution < -0.4 is 10.6 Å². The van der Waals surface area contributed by atoms with Gasteiger partial charge in [0.2, 0.25) is 0 Å². The Labute approximate surface area is 190 Å². The second-order valence-corrected chi connectivity index (χ2v) is 8.27. The van der Waals surface area contributed by atoms with Gasteiger partial charge in [0.15, 0.2) is 0 Å². The Morgan fingerprint density at radius 3 is 2.53 bits per heavy atom. The number of carbonyl (C=O) groups is 2. The third kappa shape index (κ3) is 3.32. The Morgan fingerprint density at radius 2 is 1.72 bits per heavy atom. The molecule has 3 N–H and O–H groups in total. The molecule has 0 saturated carbocycles. The van der Waals surface area contributed by atoms with Crippen molar-refractivity contribution in [3.63, 3.8) is 0 Å². The third-order valence-electron chi connectivity index (χ3n) is 5.91. The maximum atomic E-state index is 13.0. The first-order valence-corrected chi connectivity index (χ1v) is 11.1. The topological polar surface area (TPSA) is 78.9 Å². The molecule has 162 valence electrons. The summed E-state index contributed by atoms with van der Waals surface area (Å²) >= 11 is 6.58. The van der Waals surface area contributed by atoms with Crippen molar-refractivity contribution >= 4 is 56.4 Å². The molecule has 5 rings (SSSR count). The summed E-state index contributed by atoms with van der Waals surface area (Å²) in [6, 6.07) is 13.4. The first-order chi connectivity index (χ1) is 15.6. The Hall–Kier alpha value is -3.35. The highest BCUT2D eigenvalue weighted by atomic mass is 35.5. The second-order valence-electron chi connectivity index (χ2n) is 7.86. The van der Waals surface area contributed by atoms with E-state index in [4.69, 9.17) is 11.6 Å². The predicted molar refractivity (Wildman–Crippen MR) is 128 cm³/mol. The largest absolute Gasteiger partial charge is 0.361 e. The molecule has 32 heavy (non-hydrogen) atoms. The van der Waals surface area contributed by atoms with Gasteiger partial charge in [-0.15, -0.1) is 0 Å². The van der Waals surface area contributed by atoms with E-state index in [1.165, 1.54) is 0 Å². The van der Waals surface area contributed by atoms with Crippen molar-refractivity contribution in [1.29, 1.82) is 0 Å². The molecule has 7 heteroatoms. The summed E-state index contributed by atoms with van der Waals surface area (Å²) in [6.07, 6.45) is 4.66. The lowest BCUT2D eigenvalue weighted by Crippen LogP contribution is -2.22. The van der Waals surface area contributed by atoms with Gasteiger partial charge < -0.3 is 14.9 Å². The molecule has 0 unspecified atom stereocenters. The lowest BCUT2D eigenvalue weighted by Gasteiger charge is -2.06. The molecule has 0 aliphatic carbocycles. The van der Waals surface area contributed by atoms with Crippen molar-refractivity contribution in [2.45, 2.75) is 19.9 Å². The maximum Gasteiger partial charge on any atom is 0.259 e.